The fraction of sp³-hybridized carbons (Fsp3) is 0.538. The van der Waals surface area contributed by atoms with Crippen LogP contribution in [0.15, 0.2) is 12.7 Å². The van der Waals surface area contributed by atoms with Crippen LogP contribution in [0.4, 0.5) is 5.82 Å². The minimum Gasteiger partial charge on any atom is -0.480 e. The lowest BCUT2D eigenvalue weighted by atomic mass is 9.98. The van der Waals surface area contributed by atoms with Crippen molar-refractivity contribution in [1.82, 2.24) is 25.3 Å². The Morgan fingerprint density at radius 3 is 3.24 bits per heavy atom. The van der Waals surface area contributed by atoms with Gasteiger partial charge >= 0.3 is 5.97 Å². The van der Waals surface area contributed by atoms with Gasteiger partial charge in [0.05, 0.1) is 12.9 Å². The van der Waals surface area contributed by atoms with Crippen molar-refractivity contribution in [3.8, 4) is 0 Å². The predicted octanol–water partition coefficient (Wildman–Crippen LogP) is 0.244. The number of nitrogens with one attached hydrogen (secondary N) is 2. The molecule has 1 aliphatic rings. The number of anilines is 1. The zero-order chi connectivity index (χ0) is 14.7. The molecule has 1 saturated heterocycles. The largest absolute Gasteiger partial charge is 0.480 e. The molecule has 2 aromatic heterocycles. The van der Waals surface area contributed by atoms with Crippen LogP contribution in [-0.2, 0) is 4.79 Å². The van der Waals surface area contributed by atoms with Crippen molar-refractivity contribution in [2.24, 2.45) is 5.92 Å². The summed E-state index contributed by atoms with van der Waals surface area (Å²) in [4.78, 5) is 28.5. The third-order valence-electron chi connectivity index (χ3n) is 3.73. The third kappa shape index (κ3) is 3.10. The first-order valence-electron chi connectivity index (χ1n) is 7.05. The standard InChI is InChI=1S/C13H18N6O2/c20-10(21)5-14-4-9-2-1-3-19(6-9)13-11-12(16-7-15-11)17-8-18-13/h7-9,14H,1-6H2,(H,20,21)(H,15,16,17,18). The van der Waals surface area contributed by atoms with Crippen molar-refractivity contribution in [2.75, 3.05) is 31.1 Å². The number of aromatic nitrogens is 4. The maximum atomic E-state index is 10.5. The maximum Gasteiger partial charge on any atom is 0.317 e. The number of carbonyl (C=O) groups is 1. The minimum atomic E-state index is -0.822. The number of imidazole rings is 1. The molecule has 0 aliphatic carbocycles. The van der Waals surface area contributed by atoms with Gasteiger partial charge in [-0.25, -0.2) is 15.0 Å². The van der Waals surface area contributed by atoms with Gasteiger partial charge in [0.25, 0.3) is 0 Å². The fourth-order valence-corrected chi connectivity index (χ4v) is 2.80. The lowest BCUT2D eigenvalue weighted by Gasteiger charge is -2.33. The molecule has 8 heteroatoms. The van der Waals surface area contributed by atoms with E-state index in [0.717, 1.165) is 37.3 Å². The number of carboxylic acid groups (broad SMARTS) is 1. The maximum absolute atomic E-state index is 10.5. The highest BCUT2D eigenvalue weighted by Gasteiger charge is 2.23. The molecule has 0 radical (unpaired) electrons. The van der Waals surface area contributed by atoms with E-state index in [1.165, 1.54) is 6.33 Å². The van der Waals surface area contributed by atoms with Crippen LogP contribution in [0, 0.1) is 5.92 Å². The molecular formula is C13H18N6O2. The van der Waals surface area contributed by atoms with E-state index in [1.54, 1.807) is 6.33 Å². The summed E-state index contributed by atoms with van der Waals surface area (Å²) in [5, 5.41) is 11.6. The van der Waals surface area contributed by atoms with E-state index in [1.807, 2.05) is 0 Å². The first kappa shape index (κ1) is 13.7. The summed E-state index contributed by atoms with van der Waals surface area (Å²) < 4.78 is 0. The Balaban J connectivity index is 1.68. The molecule has 0 spiro atoms. The lowest BCUT2D eigenvalue weighted by molar-refractivity contribution is -0.136. The van der Waals surface area contributed by atoms with Crippen LogP contribution >= 0.6 is 0 Å². The Bertz CT molecular complexity index is 628. The Morgan fingerprint density at radius 1 is 1.48 bits per heavy atom. The van der Waals surface area contributed by atoms with Gasteiger partial charge in [0.2, 0.25) is 0 Å². The zero-order valence-electron chi connectivity index (χ0n) is 11.6. The molecule has 3 heterocycles. The van der Waals surface area contributed by atoms with Crippen LogP contribution in [-0.4, -0.2) is 57.2 Å². The topological polar surface area (TPSA) is 107 Å². The highest BCUT2D eigenvalue weighted by Crippen LogP contribution is 2.25. The Hall–Kier alpha value is -2.22. The van der Waals surface area contributed by atoms with E-state index in [0.29, 0.717) is 18.1 Å². The highest BCUT2D eigenvalue weighted by molar-refractivity contribution is 5.82. The first-order chi connectivity index (χ1) is 10.2. The van der Waals surface area contributed by atoms with E-state index in [-0.39, 0.29) is 6.54 Å². The SMILES string of the molecule is O=C(O)CNCC1CCCN(c2ncnc3nc[nH]c23)C1. The van der Waals surface area contributed by atoms with Crippen LogP contribution in [0.5, 0.6) is 0 Å². The van der Waals surface area contributed by atoms with Crippen LogP contribution < -0.4 is 10.2 Å². The molecule has 1 aliphatic heterocycles. The van der Waals surface area contributed by atoms with Crippen molar-refractivity contribution in [3.63, 3.8) is 0 Å². The van der Waals surface area contributed by atoms with E-state index in [2.05, 4.69) is 30.2 Å². The Morgan fingerprint density at radius 2 is 2.38 bits per heavy atom. The van der Waals surface area contributed by atoms with Crippen molar-refractivity contribution >= 4 is 23.0 Å². The average molecular weight is 290 g/mol. The van der Waals surface area contributed by atoms with Crippen LogP contribution in [0.2, 0.25) is 0 Å². The molecule has 21 heavy (non-hydrogen) atoms. The smallest absolute Gasteiger partial charge is 0.317 e. The Labute approximate surface area is 121 Å². The van der Waals surface area contributed by atoms with Gasteiger partial charge in [-0.1, -0.05) is 0 Å². The molecule has 0 amide bonds. The monoisotopic (exact) mass is 290 g/mol. The summed E-state index contributed by atoms with van der Waals surface area (Å²) in [5.41, 5.74) is 1.53. The quantitative estimate of drug-likeness (QED) is 0.724. The molecule has 0 aromatic carbocycles. The van der Waals surface area contributed by atoms with Gasteiger partial charge in [0.1, 0.15) is 11.8 Å². The number of hydrogen-bond acceptors (Lipinski definition) is 6. The molecule has 112 valence electrons. The third-order valence-corrected chi connectivity index (χ3v) is 3.73. The van der Waals surface area contributed by atoms with Crippen molar-refractivity contribution in [1.29, 1.82) is 0 Å². The molecule has 2 aromatic rings. The molecular weight excluding hydrogens is 272 g/mol. The van der Waals surface area contributed by atoms with Crippen molar-refractivity contribution < 1.29 is 9.90 Å². The Kier molecular flexibility index (Phi) is 3.96. The van der Waals surface area contributed by atoms with Crippen LogP contribution in [0.1, 0.15) is 12.8 Å². The van der Waals surface area contributed by atoms with Gasteiger partial charge in [-0.3, -0.25) is 4.79 Å². The summed E-state index contributed by atoms with van der Waals surface area (Å²) in [6, 6.07) is 0. The second-order valence-electron chi connectivity index (χ2n) is 5.28. The van der Waals surface area contributed by atoms with Gasteiger partial charge in [0, 0.05) is 19.6 Å². The number of aromatic amines is 1. The summed E-state index contributed by atoms with van der Waals surface area (Å²) in [6.45, 7) is 2.52. The minimum absolute atomic E-state index is 0.00873. The normalized spacial score (nSPS) is 19.0. The number of hydrogen-bond donors (Lipinski definition) is 3. The summed E-state index contributed by atoms with van der Waals surface area (Å²) in [5.74, 6) is 0.476. The summed E-state index contributed by atoms with van der Waals surface area (Å²) in [6.07, 6.45) is 5.32. The van der Waals surface area contributed by atoms with E-state index in [9.17, 15) is 4.79 Å². The number of nitrogens with zero attached hydrogens (tertiary/aromatic N) is 4. The number of fused-ring (bicyclic) bond motifs is 1. The molecule has 0 bridgehead atoms. The number of aliphatic carboxylic acids is 1. The highest BCUT2D eigenvalue weighted by atomic mass is 16.4. The molecule has 1 unspecified atom stereocenters. The van der Waals surface area contributed by atoms with E-state index in [4.69, 9.17) is 5.11 Å². The van der Waals surface area contributed by atoms with Gasteiger partial charge in [-0.15, -0.1) is 0 Å². The first-order valence-corrected chi connectivity index (χ1v) is 7.05. The van der Waals surface area contributed by atoms with Gasteiger partial charge in [-0.05, 0) is 18.8 Å². The predicted molar refractivity (Wildman–Crippen MR) is 77.1 cm³/mol. The average Bonchev–Trinajstić information content (AvgIpc) is 2.95. The fourth-order valence-electron chi connectivity index (χ4n) is 2.80. The number of piperidine rings is 1. The van der Waals surface area contributed by atoms with Crippen LogP contribution in [0.25, 0.3) is 11.2 Å². The number of carboxylic acids is 1. The zero-order valence-corrected chi connectivity index (χ0v) is 11.6. The molecule has 8 nitrogen and oxygen atoms in total. The van der Waals surface area contributed by atoms with E-state index >= 15 is 0 Å². The second-order valence-corrected chi connectivity index (χ2v) is 5.28. The van der Waals surface area contributed by atoms with Gasteiger partial charge in [0.15, 0.2) is 11.5 Å². The molecule has 1 fully saturated rings. The molecule has 1 atom stereocenters. The van der Waals surface area contributed by atoms with Gasteiger partial charge < -0.3 is 20.3 Å². The number of rotatable bonds is 5. The lowest BCUT2D eigenvalue weighted by Crippen LogP contribution is -2.41. The van der Waals surface area contributed by atoms with Crippen molar-refractivity contribution in [2.45, 2.75) is 12.8 Å². The molecule has 3 rings (SSSR count). The van der Waals surface area contributed by atoms with E-state index < -0.39 is 5.97 Å². The van der Waals surface area contributed by atoms with Gasteiger partial charge in [-0.2, -0.15) is 0 Å². The summed E-state index contributed by atoms with van der Waals surface area (Å²) in [7, 11) is 0. The van der Waals surface area contributed by atoms with Crippen molar-refractivity contribution in [3.05, 3.63) is 12.7 Å². The molecule has 0 saturated carbocycles. The van der Waals surface area contributed by atoms with Crippen LogP contribution in [0.3, 0.4) is 0 Å². The second kappa shape index (κ2) is 6.04. The molecule has 3 N–H and O–H groups in total. The number of H-pyrrole nitrogens is 1. The summed E-state index contributed by atoms with van der Waals surface area (Å²) >= 11 is 0.